The first-order valence-corrected chi connectivity index (χ1v) is 11.5. The predicted molar refractivity (Wildman–Crippen MR) is 111 cm³/mol. The van der Waals surface area contributed by atoms with E-state index in [-0.39, 0.29) is 26.1 Å². The van der Waals surface area contributed by atoms with E-state index in [2.05, 4.69) is 15.9 Å². The average molecular weight is 535 g/mol. The average Bonchev–Trinajstić information content (AvgIpc) is 2.78. The Labute approximate surface area is 194 Å². The van der Waals surface area contributed by atoms with Crippen LogP contribution in [-0.4, -0.2) is 122 Å². The Morgan fingerprint density at radius 1 is 1.09 bits per heavy atom. The molecule has 7 N–H and O–H groups in total. The maximum atomic E-state index is 11.4. The van der Waals surface area contributed by atoms with E-state index in [9.17, 15) is 40.5 Å². The van der Waals surface area contributed by atoms with Gasteiger partial charge < -0.3 is 54.7 Å². The molecule has 0 saturated carbocycles. The lowest BCUT2D eigenvalue weighted by Crippen LogP contribution is -2.62. The van der Waals surface area contributed by atoms with Gasteiger partial charge in [-0.2, -0.15) is 0 Å². The molecule has 10 atom stereocenters. The van der Waals surface area contributed by atoms with Crippen LogP contribution >= 0.6 is 15.9 Å². The Morgan fingerprint density at radius 3 is 2.31 bits per heavy atom. The summed E-state index contributed by atoms with van der Waals surface area (Å²) in [5, 5.41) is 71.1. The fourth-order valence-corrected chi connectivity index (χ4v) is 3.38. The van der Waals surface area contributed by atoms with Crippen LogP contribution in [0.3, 0.4) is 0 Å². The van der Waals surface area contributed by atoms with E-state index < -0.39 is 73.8 Å². The minimum absolute atomic E-state index is 0.00393. The molecule has 1 heterocycles. The van der Waals surface area contributed by atoms with Crippen molar-refractivity contribution >= 4 is 21.9 Å². The largest absolute Gasteiger partial charge is 0.466 e. The smallest absolute Gasteiger partial charge is 0.305 e. The second kappa shape index (κ2) is 14.7. The highest BCUT2D eigenvalue weighted by Gasteiger charge is 2.47. The molecule has 32 heavy (non-hydrogen) atoms. The fourth-order valence-electron chi connectivity index (χ4n) is 3.19. The first kappa shape index (κ1) is 29.6. The Balaban J connectivity index is 2.75. The van der Waals surface area contributed by atoms with E-state index in [0.717, 1.165) is 0 Å². The van der Waals surface area contributed by atoms with Gasteiger partial charge in [0.1, 0.15) is 36.6 Å². The van der Waals surface area contributed by atoms with Crippen LogP contribution in [0.1, 0.15) is 26.7 Å². The lowest BCUT2D eigenvalue weighted by molar-refractivity contribution is -0.340. The quantitative estimate of drug-likeness (QED) is 0.0709. The van der Waals surface area contributed by atoms with Gasteiger partial charge in [-0.25, -0.2) is 0 Å². The summed E-state index contributed by atoms with van der Waals surface area (Å²) in [4.78, 5) is 11.4. The van der Waals surface area contributed by atoms with Crippen LogP contribution in [0, 0.1) is 5.92 Å². The minimum Gasteiger partial charge on any atom is -0.466 e. The van der Waals surface area contributed by atoms with E-state index in [1.54, 1.807) is 13.8 Å². The second-order valence-corrected chi connectivity index (χ2v) is 8.34. The Kier molecular flexibility index (Phi) is 13.6. The van der Waals surface area contributed by atoms with Gasteiger partial charge in [0, 0.05) is 11.8 Å². The second-order valence-electron chi connectivity index (χ2n) is 7.55. The molecule has 1 aliphatic rings. The number of aliphatic hydroxyl groups is 7. The number of hydrogen-bond acceptors (Lipinski definition) is 12. The summed E-state index contributed by atoms with van der Waals surface area (Å²) in [5.74, 6) is -1.10. The zero-order valence-electron chi connectivity index (χ0n) is 18.1. The van der Waals surface area contributed by atoms with E-state index >= 15 is 0 Å². The number of halogens is 1. The zero-order chi connectivity index (χ0) is 24.4. The molecule has 0 amide bonds. The minimum atomic E-state index is -2.10. The van der Waals surface area contributed by atoms with Gasteiger partial charge in [0.05, 0.1) is 25.9 Å². The standard InChI is InChI=1S/C19H35BrO12/c1-3-29-11(22)5-4-9(2)12(23)14(25)16(27)18(28)32-17-15(26)13(24)10(8-21)31-19(17)30-7-6-20/h9-10,12-19,21,23-28H,3-8H2,1-2H3. The molecule has 1 saturated heterocycles. The summed E-state index contributed by atoms with van der Waals surface area (Å²) in [6.45, 7) is 2.90. The van der Waals surface area contributed by atoms with Crippen molar-refractivity contribution < 1.29 is 59.5 Å². The van der Waals surface area contributed by atoms with E-state index in [0.29, 0.717) is 5.33 Å². The molecule has 0 spiro atoms. The first-order chi connectivity index (χ1) is 15.1. The number of esters is 1. The highest BCUT2D eigenvalue weighted by molar-refractivity contribution is 9.09. The van der Waals surface area contributed by atoms with Crippen LogP contribution in [0.5, 0.6) is 0 Å². The van der Waals surface area contributed by atoms with Gasteiger partial charge in [-0.05, 0) is 19.3 Å². The molecule has 190 valence electrons. The third kappa shape index (κ3) is 8.40. The molecule has 0 radical (unpaired) electrons. The Bertz CT molecular complexity index is 540. The van der Waals surface area contributed by atoms with Crippen LogP contribution in [0.15, 0.2) is 0 Å². The van der Waals surface area contributed by atoms with Crippen molar-refractivity contribution in [2.24, 2.45) is 5.92 Å². The highest BCUT2D eigenvalue weighted by Crippen LogP contribution is 2.27. The highest BCUT2D eigenvalue weighted by atomic mass is 79.9. The maximum absolute atomic E-state index is 11.4. The number of rotatable bonds is 14. The van der Waals surface area contributed by atoms with Crippen molar-refractivity contribution in [3.05, 3.63) is 0 Å². The molecule has 0 aromatic heterocycles. The molecule has 0 aromatic rings. The molecular weight excluding hydrogens is 500 g/mol. The van der Waals surface area contributed by atoms with Crippen LogP contribution in [0.25, 0.3) is 0 Å². The Hall–Kier alpha value is -0.450. The van der Waals surface area contributed by atoms with Gasteiger partial charge in [0.15, 0.2) is 12.6 Å². The number of carbonyl (C=O) groups is 1. The van der Waals surface area contributed by atoms with Crippen molar-refractivity contribution in [2.45, 2.75) is 82.0 Å². The third-order valence-electron chi connectivity index (χ3n) is 5.16. The summed E-state index contributed by atoms with van der Waals surface area (Å²) in [6.07, 6.45) is -14.5. The lowest BCUT2D eigenvalue weighted by atomic mass is 9.92. The van der Waals surface area contributed by atoms with Crippen LogP contribution in [0.2, 0.25) is 0 Å². The molecule has 1 rings (SSSR count). The summed E-state index contributed by atoms with van der Waals surface area (Å²) in [5.41, 5.74) is 0. The van der Waals surface area contributed by atoms with Crippen LogP contribution in [0.4, 0.5) is 0 Å². The number of ether oxygens (including phenoxy) is 4. The van der Waals surface area contributed by atoms with Gasteiger partial charge in [-0.1, -0.05) is 22.9 Å². The Morgan fingerprint density at radius 2 is 1.75 bits per heavy atom. The summed E-state index contributed by atoms with van der Waals surface area (Å²) >= 11 is 3.15. The molecule has 0 aromatic carbocycles. The fraction of sp³-hybridized carbons (Fsp3) is 0.947. The van der Waals surface area contributed by atoms with E-state index in [1.165, 1.54) is 0 Å². The zero-order valence-corrected chi connectivity index (χ0v) is 19.7. The molecule has 1 fully saturated rings. The molecular formula is C19H35BrO12. The van der Waals surface area contributed by atoms with E-state index in [4.69, 9.17) is 18.9 Å². The normalized spacial score (nSPS) is 30.9. The van der Waals surface area contributed by atoms with Crippen molar-refractivity contribution in [1.82, 2.24) is 0 Å². The van der Waals surface area contributed by atoms with Gasteiger partial charge in [-0.15, -0.1) is 0 Å². The summed E-state index contributed by atoms with van der Waals surface area (Å²) in [6, 6.07) is 0. The number of hydrogen-bond donors (Lipinski definition) is 7. The monoisotopic (exact) mass is 534 g/mol. The first-order valence-electron chi connectivity index (χ1n) is 10.4. The SMILES string of the molecule is CCOC(=O)CCC(C)C(O)C(O)C(O)C(O)OC1C(OCCBr)OC(CO)C(O)C1O. The third-order valence-corrected chi connectivity index (χ3v) is 5.49. The van der Waals surface area contributed by atoms with E-state index in [1.807, 2.05) is 0 Å². The molecule has 10 unspecified atom stereocenters. The molecule has 0 bridgehead atoms. The van der Waals surface area contributed by atoms with Crippen molar-refractivity contribution in [3.63, 3.8) is 0 Å². The van der Waals surface area contributed by atoms with Crippen molar-refractivity contribution in [2.75, 3.05) is 25.2 Å². The molecule has 12 nitrogen and oxygen atoms in total. The summed E-state index contributed by atoms with van der Waals surface area (Å²) in [7, 11) is 0. The molecule has 1 aliphatic heterocycles. The number of aliphatic hydroxyl groups excluding tert-OH is 7. The van der Waals surface area contributed by atoms with Gasteiger partial charge in [-0.3, -0.25) is 4.79 Å². The molecule has 0 aliphatic carbocycles. The maximum Gasteiger partial charge on any atom is 0.305 e. The van der Waals surface area contributed by atoms with Gasteiger partial charge in [0.2, 0.25) is 0 Å². The summed E-state index contributed by atoms with van der Waals surface area (Å²) < 4.78 is 20.7. The predicted octanol–water partition coefficient (Wildman–Crippen LogP) is -2.40. The topological polar surface area (TPSA) is 196 Å². The number of alkyl halides is 1. The van der Waals surface area contributed by atoms with Crippen LogP contribution < -0.4 is 0 Å². The van der Waals surface area contributed by atoms with Gasteiger partial charge in [0.25, 0.3) is 0 Å². The van der Waals surface area contributed by atoms with Crippen molar-refractivity contribution in [1.29, 1.82) is 0 Å². The van der Waals surface area contributed by atoms with Crippen LogP contribution in [-0.2, 0) is 23.7 Å². The van der Waals surface area contributed by atoms with Crippen molar-refractivity contribution in [3.8, 4) is 0 Å². The molecule has 13 heteroatoms. The lowest BCUT2D eigenvalue weighted by Gasteiger charge is -2.43. The number of carbonyl (C=O) groups excluding carboxylic acids is 1. The van der Waals surface area contributed by atoms with Gasteiger partial charge >= 0.3 is 5.97 Å².